The molecule has 1 aromatic rings. The van der Waals surface area contributed by atoms with Crippen molar-refractivity contribution in [1.82, 2.24) is 0 Å². The van der Waals surface area contributed by atoms with Crippen molar-refractivity contribution in [2.75, 3.05) is 19.0 Å². The van der Waals surface area contributed by atoms with Gasteiger partial charge in [0, 0.05) is 12.8 Å². The second kappa shape index (κ2) is 8.98. The van der Waals surface area contributed by atoms with E-state index in [1.807, 2.05) is 0 Å². The van der Waals surface area contributed by atoms with Gasteiger partial charge >= 0.3 is 0 Å². The van der Waals surface area contributed by atoms with E-state index in [9.17, 15) is 0 Å². The number of unbranched alkanes of at least 4 members (excludes halogenated alkanes) is 2. The van der Waals surface area contributed by atoms with Gasteiger partial charge in [0.15, 0.2) is 0 Å². The van der Waals surface area contributed by atoms with Crippen LogP contribution in [-0.4, -0.2) is 19.8 Å². The van der Waals surface area contributed by atoms with Crippen molar-refractivity contribution in [2.45, 2.75) is 52.5 Å². The second-order valence-corrected chi connectivity index (χ2v) is 5.60. The highest BCUT2D eigenvalue weighted by Crippen LogP contribution is 2.15. The molecular formula is C17H29NO. The van der Waals surface area contributed by atoms with Gasteiger partial charge < -0.3 is 10.1 Å². The van der Waals surface area contributed by atoms with Gasteiger partial charge in [0.2, 0.25) is 0 Å². The first-order valence-electron chi connectivity index (χ1n) is 7.51. The molecule has 0 aliphatic heterocycles. The Morgan fingerprint density at radius 3 is 2.32 bits per heavy atom. The summed E-state index contributed by atoms with van der Waals surface area (Å²) in [7, 11) is 1.76. The summed E-state index contributed by atoms with van der Waals surface area (Å²) in [6, 6.07) is 9.22. The Morgan fingerprint density at radius 2 is 1.79 bits per heavy atom. The summed E-state index contributed by atoms with van der Waals surface area (Å²) in [5, 5.41) is 3.55. The molecule has 1 rings (SSSR count). The van der Waals surface area contributed by atoms with E-state index in [0.717, 1.165) is 6.61 Å². The Labute approximate surface area is 118 Å². The van der Waals surface area contributed by atoms with Gasteiger partial charge in [-0.15, -0.1) is 0 Å². The molecule has 1 aromatic carbocycles. The predicted octanol–water partition coefficient (Wildman–Crippen LogP) is 4.50. The van der Waals surface area contributed by atoms with Gasteiger partial charge in [-0.3, -0.25) is 0 Å². The van der Waals surface area contributed by atoms with Crippen LogP contribution in [0.15, 0.2) is 24.3 Å². The van der Waals surface area contributed by atoms with Crippen LogP contribution in [0.1, 0.15) is 45.6 Å². The smallest absolute Gasteiger partial charge is 0.0666 e. The van der Waals surface area contributed by atoms with Gasteiger partial charge in [0.05, 0.1) is 12.6 Å². The highest BCUT2D eigenvalue weighted by molar-refractivity contribution is 5.45. The fourth-order valence-corrected chi connectivity index (χ4v) is 2.14. The van der Waals surface area contributed by atoms with E-state index in [-0.39, 0.29) is 0 Å². The molecular weight excluding hydrogens is 234 g/mol. The van der Waals surface area contributed by atoms with Crippen molar-refractivity contribution in [2.24, 2.45) is 5.92 Å². The monoisotopic (exact) mass is 263 g/mol. The highest BCUT2D eigenvalue weighted by Gasteiger charge is 2.12. The average Bonchev–Trinajstić information content (AvgIpc) is 2.40. The topological polar surface area (TPSA) is 21.3 Å². The van der Waals surface area contributed by atoms with Crippen molar-refractivity contribution in [3.05, 3.63) is 29.8 Å². The lowest BCUT2D eigenvalue weighted by Gasteiger charge is -2.22. The number of anilines is 1. The third kappa shape index (κ3) is 6.11. The van der Waals surface area contributed by atoms with Gasteiger partial charge in [-0.05, 0) is 36.5 Å². The van der Waals surface area contributed by atoms with Crippen LogP contribution in [0.25, 0.3) is 0 Å². The van der Waals surface area contributed by atoms with Gasteiger partial charge in [-0.25, -0.2) is 0 Å². The molecule has 0 saturated heterocycles. The maximum absolute atomic E-state index is 5.26. The van der Waals surface area contributed by atoms with Gasteiger partial charge in [0.25, 0.3) is 0 Å². The maximum Gasteiger partial charge on any atom is 0.0666 e. The molecule has 0 bridgehead atoms. The Morgan fingerprint density at radius 1 is 1.11 bits per heavy atom. The standard InChI is InChI=1S/C17H29NO/c1-5-6-7-8-15-9-11-16(12-10-15)18-17(13-19-4)14(2)3/h9-12,14,17-18H,5-8,13H2,1-4H3. The SMILES string of the molecule is CCCCCc1ccc(NC(COC)C(C)C)cc1. The van der Waals surface area contributed by atoms with Gasteiger partial charge in [0.1, 0.15) is 0 Å². The van der Waals surface area contributed by atoms with E-state index in [4.69, 9.17) is 4.74 Å². The van der Waals surface area contributed by atoms with Crippen LogP contribution in [0.3, 0.4) is 0 Å². The fourth-order valence-electron chi connectivity index (χ4n) is 2.14. The molecule has 19 heavy (non-hydrogen) atoms. The normalized spacial score (nSPS) is 12.7. The molecule has 2 nitrogen and oxygen atoms in total. The summed E-state index contributed by atoms with van der Waals surface area (Å²) in [5.41, 5.74) is 2.63. The number of hydrogen-bond donors (Lipinski definition) is 1. The molecule has 2 heteroatoms. The van der Waals surface area contributed by atoms with Crippen LogP contribution in [0, 0.1) is 5.92 Å². The molecule has 0 aliphatic rings. The molecule has 1 N–H and O–H groups in total. The number of aryl methyl sites for hydroxylation is 1. The molecule has 0 saturated carbocycles. The Kier molecular flexibility index (Phi) is 7.57. The Balaban J connectivity index is 2.50. The lowest BCUT2D eigenvalue weighted by Crippen LogP contribution is -2.30. The maximum atomic E-state index is 5.26. The minimum Gasteiger partial charge on any atom is -0.383 e. The van der Waals surface area contributed by atoms with Gasteiger partial charge in [-0.2, -0.15) is 0 Å². The molecule has 0 amide bonds. The highest BCUT2D eigenvalue weighted by atomic mass is 16.5. The molecule has 108 valence electrons. The lowest BCUT2D eigenvalue weighted by atomic mass is 10.0. The Hall–Kier alpha value is -1.02. The molecule has 0 heterocycles. The molecule has 1 atom stereocenters. The number of ether oxygens (including phenoxy) is 1. The van der Waals surface area contributed by atoms with Crippen LogP contribution in [0.5, 0.6) is 0 Å². The van der Waals surface area contributed by atoms with E-state index < -0.39 is 0 Å². The van der Waals surface area contributed by atoms with Crippen LogP contribution in [0.4, 0.5) is 5.69 Å². The third-order valence-electron chi connectivity index (χ3n) is 3.53. The lowest BCUT2D eigenvalue weighted by molar-refractivity contribution is 0.171. The summed E-state index contributed by atoms with van der Waals surface area (Å²) in [4.78, 5) is 0. The van der Waals surface area contributed by atoms with Gasteiger partial charge in [-0.1, -0.05) is 45.7 Å². The zero-order valence-electron chi connectivity index (χ0n) is 12.9. The van der Waals surface area contributed by atoms with E-state index >= 15 is 0 Å². The summed E-state index contributed by atoms with van der Waals surface area (Å²) in [6.45, 7) is 7.43. The van der Waals surface area contributed by atoms with Crippen LogP contribution in [0.2, 0.25) is 0 Å². The summed E-state index contributed by atoms with van der Waals surface area (Å²) in [6.07, 6.45) is 5.09. The van der Waals surface area contributed by atoms with E-state index in [0.29, 0.717) is 12.0 Å². The van der Waals surface area contributed by atoms with Crippen molar-refractivity contribution in [1.29, 1.82) is 0 Å². The number of nitrogens with one attached hydrogen (secondary N) is 1. The molecule has 0 aliphatic carbocycles. The Bertz CT molecular complexity index is 332. The third-order valence-corrected chi connectivity index (χ3v) is 3.53. The van der Waals surface area contributed by atoms with Crippen molar-refractivity contribution < 1.29 is 4.74 Å². The number of hydrogen-bond acceptors (Lipinski definition) is 2. The van der Waals surface area contributed by atoms with Crippen molar-refractivity contribution in [3.63, 3.8) is 0 Å². The summed E-state index contributed by atoms with van der Waals surface area (Å²) in [5.74, 6) is 0.559. The van der Waals surface area contributed by atoms with Crippen molar-refractivity contribution >= 4 is 5.69 Å². The van der Waals surface area contributed by atoms with Crippen LogP contribution >= 0.6 is 0 Å². The zero-order valence-corrected chi connectivity index (χ0v) is 12.9. The van der Waals surface area contributed by atoms with E-state index in [1.54, 1.807) is 7.11 Å². The molecule has 0 aromatic heterocycles. The molecule has 0 radical (unpaired) electrons. The largest absolute Gasteiger partial charge is 0.383 e. The molecule has 0 fully saturated rings. The summed E-state index contributed by atoms with van der Waals surface area (Å²) < 4.78 is 5.26. The first-order valence-corrected chi connectivity index (χ1v) is 7.51. The molecule has 1 unspecified atom stereocenters. The second-order valence-electron chi connectivity index (χ2n) is 5.60. The predicted molar refractivity (Wildman–Crippen MR) is 83.8 cm³/mol. The van der Waals surface area contributed by atoms with Crippen molar-refractivity contribution in [3.8, 4) is 0 Å². The minimum atomic E-state index is 0.371. The average molecular weight is 263 g/mol. The first-order chi connectivity index (χ1) is 9.17. The fraction of sp³-hybridized carbons (Fsp3) is 0.647. The van der Waals surface area contributed by atoms with Crippen LogP contribution < -0.4 is 5.32 Å². The zero-order chi connectivity index (χ0) is 14.1. The number of benzene rings is 1. The number of rotatable bonds is 9. The number of methoxy groups -OCH3 is 1. The quantitative estimate of drug-likeness (QED) is 0.662. The molecule has 0 spiro atoms. The first kappa shape index (κ1) is 16.0. The summed E-state index contributed by atoms with van der Waals surface area (Å²) >= 11 is 0. The van der Waals surface area contributed by atoms with E-state index in [1.165, 1.54) is 36.9 Å². The van der Waals surface area contributed by atoms with Crippen LogP contribution in [-0.2, 0) is 11.2 Å². The minimum absolute atomic E-state index is 0.371. The van der Waals surface area contributed by atoms with E-state index in [2.05, 4.69) is 50.4 Å².